The number of carboxylic acids is 1. The number of hydrogen-bond acceptors (Lipinski definition) is 10. The number of nitrogens with zero attached hydrogens (tertiary/aromatic N) is 6. The molecule has 34 heavy (non-hydrogen) atoms. The number of carbonyl (C=O) groups excluding carboxylic acids is 1. The molecule has 14 heteroatoms. The maximum atomic E-state index is 13.2. The highest BCUT2D eigenvalue weighted by Gasteiger charge is 2.24. The number of aromatic carboxylic acids is 1. The molecule has 172 valence electrons. The molecule has 2 heterocycles. The fraction of sp³-hybridized carbons (Fsp3) is 0.0500. The van der Waals surface area contributed by atoms with Gasteiger partial charge >= 0.3 is 5.97 Å². The number of carboxylic acid groups (broad SMARTS) is 1. The van der Waals surface area contributed by atoms with E-state index in [1.54, 1.807) is 12.1 Å². The van der Waals surface area contributed by atoms with Gasteiger partial charge in [-0.15, -0.1) is 5.10 Å². The Labute approximate surface area is 189 Å². The third kappa shape index (κ3) is 4.69. The van der Waals surface area contributed by atoms with E-state index in [0.717, 1.165) is 4.68 Å². The largest absolute Gasteiger partial charge is 0.487 e. The predicted octanol–water partition coefficient (Wildman–Crippen LogP) is 1.41. The lowest BCUT2D eigenvalue weighted by atomic mass is 10.1. The fourth-order valence-corrected chi connectivity index (χ4v) is 2.82. The van der Waals surface area contributed by atoms with Crippen molar-refractivity contribution < 1.29 is 28.5 Å². The number of carbonyl (C=O) groups is 2. The van der Waals surface area contributed by atoms with Gasteiger partial charge in [0.05, 0.1) is 11.8 Å². The molecule has 4 aromatic rings. The number of nitrogens with one attached hydrogen (secondary N) is 1. The second kappa shape index (κ2) is 9.56. The molecule has 0 saturated carbocycles. The molecule has 0 bridgehead atoms. The lowest BCUT2D eigenvalue weighted by molar-refractivity contribution is 0.0696. The Bertz CT molecular complexity index is 1370. The topological polar surface area (TPSA) is 184 Å². The zero-order chi connectivity index (χ0) is 24.1. The summed E-state index contributed by atoms with van der Waals surface area (Å²) in [6.45, 7) is -0.237. The van der Waals surface area contributed by atoms with Gasteiger partial charge in [-0.1, -0.05) is 23.4 Å². The summed E-state index contributed by atoms with van der Waals surface area (Å²) in [4.78, 5) is 24.0. The molecule has 2 aromatic heterocycles. The van der Waals surface area contributed by atoms with Gasteiger partial charge < -0.3 is 15.6 Å². The highest BCUT2D eigenvalue weighted by molar-refractivity contribution is 5.99. The van der Waals surface area contributed by atoms with Crippen molar-refractivity contribution in [1.82, 2.24) is 30.7 Å². The van der Waals surface area contributed by atoms with E-state index in [-0.39, 0.29) is 40.8 Å². The summed E-state index contributed by atoms with van der Waals surface area (Å²) >= 11 is 0. The van der Waals surface area contributed by atoms with Gasteiger partial charge in [-0.05, 0) is 40.6 Å². The number of nitrogens with two attached hydrogens (primary N) is 1. The normalized spacial score (nSPS) is 11.0. The van der Waals surface area contributed by atoms with Crippen LogP contribution in [0.25, 0.3) is 5.82 Å². The zero-order valence-electron chi connectivity index (χ0n) is 17.1. The van der Waals surface area contributed by atoms with E-state index in [2.05, 4.69) is 35.8 Å². The molecule has 0 aliphatic carbocycles. The molecular formula is C20H15FN8O5. The Hall–Kier alpha value is -5.14. The van der Waals surface area contributed by atoms with E-state index in [4.69, 9.17) is 10.5 Å². The highest BCUT2D eigenvalue weighted by atomic mass is 19.1. The Kier molecular flexibility index (Phi) is 6.20. The first-order chi connectivity index (χ1) is 16.4. The minimum Gasteiger partial charge on any atom is -0.487 e. The van der Waals surface area contributed by atoms with Gasteiger partial charge in [-0.25, -0.2) is 19.2 Å². The summed E-state index contributed by atoms with van der Waals surface area (Å²) in [5.74, 6) is -2.18. The van der Waals surface area contributed by atoms with E-state index in [1.807, 2.05) is 0 Å². The number of benzene rings is 2. The van der Waals surface area contributed by atoms with Crippen LogP contribution in [0.3, 0.4) is 0 Å². The maximum absolute atomic E-state index is 13.2. The minimum absolute atomic E-state index is 0.00818. The van der Waals surface area contributed by atoms with E-state index < -0.39 is 17.7 Å². The van der Waals surface area contributed by atoms with Crippen LogP contribution in [0.4, 0.5) is 10.2 Å². The average Bonchev–Trinajstić information content (AvgIpc) is 3.44. The third-order valence-electron chi connectivity index (χ3n) is 4.42. The van der Waals surface area contributed by atoms with Crippen LogP contribution in [0.2, 0.25) is 0 Å². The summed E-state index contributed by atoms with van der Waals surface area (Å²) in [7, 11) is 0. The molecule has 0 unspecified atom stereocenters. The van der Waals surface area contributed by atoms with Gasteiger partial charge in [0.1, 0.15) is 23.9 Å². The quantitative estimate of drug-likeness (QED) is 0.253. The van der Waals surface area contributed by atoms with Crippen molar-refractivity contribution in [3.8, 4) is 11.6 Å². The monoisotopic (exact) mass is 466 g/mol. The minimum atomic E-state index is -1.14. The molecule has 13 nitrogen and oxygen atoms in total. The van der Waals surface area contributed by atoms with Crippen molar-refractivity contribution in [1.29, 1.82) is 0 Å². The van der Waals surface area contributed by atoms with Crippen LogP contribution in [-0.4, -0.2) is 48.5 Å². The molecule has 0 aliphatic heterocycles. The summed E-state index contributed by atoms with van der Waals surface area (Å²) in [6, 6.07) is 11.3. The lowest BCUT2D eigenvalue weighted by Gasteiger charge is -2.08. The summed E-state index contributed by atoms with van der Waals surface area (Å²) in [5.41, 5.74) is 8.20. The van der Waals surface area contributed by atoms with Crippen molar-refractivity contribution in [2.75, 3.05) is 5.73 Å². The summed E-state index contributed by atoms with van der Waals surface area (Å²) < 4.78 is 24.5. The number of hydrazone groups is 1. The lowest BCUT2D eigenvalue weighted by Crippen LogP contribution is -2.21. The predicted molar refractivity (Wildman–Crippen MR) is 113 cm³/mol. The molecule has 1 amide bonds. The van der Waals surface area contributed by atoms with Gasteiger partial charge in [0.25, 0.3) is 5.91 Å². The molecule has 0 saturated heterocycles. The number of aromatic nitrogens is 5. The molecule has 0 aliphatic rings. The molecule has 4 rings (SSSR count). The SMILES string of the molecule is Nc1nonc1-n1nnc(C(=O)N/N=C/c2ccccc2C(=O)O)c1COc1ccc(F)cc1. The van der Waals surface area contributed by atoms with E-state index >= 15 is 0 Å². The van der Waals surface area contributed by atoms with Crippen molar-refractivity contribution in [2.24, 2.45) is 5.10 Å². The number of nitrogen functional groups attached to an aromatic ring is 1. The van der Waals surface area contributed by atoms with Crippen molar-refractivity contribution in [3.63, 3.8) is 0 Å². The second-order valence-corrected chi connectivity index (χ2v) is 6.60. The number of ether oxygens (including phenoxy) is 1. The van der Waals surface area contributed by atoms with E-state index in [1.165, 1.54) is 42.6 Å². The number of rotatable bonds is 8. The average molecular weight is 466 g/mol. The first kappa shape index (κ1) is 22.1. The Morgan fingerprint density at radius 2 is 1.97 bits per heavy atom. The molecular weight excluding hydrogens is 451 g/mol. The number of amides is 1. The highest BCUT2D eigenvalue weighted by Crippen LogP contribution is 2.19. The van der Waals surface area contributed by atoms with E-state index in [9.17, 15) is 19.1 Å². The second-order valence-electron chi connectivity index (χ2n) is 6.60. The van der Waals surface area contributed by atoms with Gasteiger partial charge in [-0.3, -0.25) is 4.79 Å². The van der Waals surface area contributed by atoms with Crippen molar-refractivity contribution >= 4 is 23.9 Å². The van der Waals surface area contributed by atoms with Crippen LogP contribution in [0, 0.1) is 5.82 Å². The van der Waals surface area contributed by atoms with Crippen LogP contribution in [0.1, 0.15) is 32.1 Å². The molecule has 0 spiro atoms. The van der Waals surface area contributed by atoms with Crippen LogP contribution in [0.15, 0.2) is 58.3 Å². The summed E-state index contributed by atoms with van der Waals surface area (Å²) in [6.07, 6.45) is 1.18. The maximum Gasteiger partial charge on any atom is 0.336 e. The van der Waals surface area contributed by atoms with Crippen molar-refractivity contribution in [3.05, 3.63) is 76.9 Å². The zero-order valence-corrected chi connectivity index (χ0v) is 17.1. The standard InChI is InChI=1S/C20H15FN8O5/c21-12-5-7-13(8-6-12)33-10-15-16(24-28-29(15)18-17(22)26-34-27-18)19(30)25-23-9-11-3-1-2-4-14(11)20(31)32/h1-9H,10H2,(H2,22,26)(H,25,30)(H,31,32)/b23-9+. The molecule has 0 radical (unpaired) electrons. The molecule has 0 fully saturated rings. The first-order valence-corrected chi connectivity index (χ1v) is 9.51. The summed E-state index contributed by atoms with van der Waals surface area (Å²) in [5, 5.41) is 27.9. The van der Waals surface area contributed by atoms with Crippen molar-refractivity contribution in [2.45, 2.75) is 6.61 Å². The van der Waals surface area contributed by atoms with Crippen LogP contribution < -0.4 is 15.9 Å². The molecule has 4 N–H and O–H groups in total. The first-order valence-electron chi connectivity index (χ1n) is 9.51. The number of halogens is 1. The Morgan fingerprint density at radius 1 is 1.21 bits per heavy atom. The number of hydrogen-bond donors (Lipinski definition) is 3. The smallest absolute Gasteiger partial charge is 0.336 e. The number of anilines is 1. The Balaban J connectivity index is 1.58. The van der Waals surface area contributed by atoms with Gasteiger partial charge in [-0.2, -0.15) is 9.78 Å². The molecule has 0 atom stereocenters. The van der Waals surface area contributed by atoms with Gasteiger partial charge in [0, 0.05) is 5.56 Å². The van der Waals surface area contributed by atoms with Crippen LogP contribution in [0.5, 0.6) is 5.75 Å². The van der Waals surface area contributed by atoms with Crippen LogP contribution in [-0.2, 0) is 6.61 Å². The van der Waals surface area contributed by atoms with Crippen LogP contribution >= 0.6 is 0 Å². The van der Waals surface area contributed by atoms with Gasteiger partial charge in [0.15, 0.2) is 5.69 Å². The van der Waals surface area contributed by atoms with Gasteiger partial charge in [0.2, 0.25) is 11.6 Å². The molecule has 2 aromatic carbocycles. The van der Waals surface area contributed by atoms with E-state index in [0.29, 0.717) is 5.75 Å². The third-order valence-corrected chi connectivity index (χ3v) is 4.42. The fourth-order valence-electron chi connectivity index (χ4n) is 2.82. The Morgan fingerprint density at radius 3 is 2.68 bits per heavy atom.